The minimum Gasteiger partial charge on any atom is -0.396 e. The first kappa shape index (κ1) is 15.2. The van der Waals surface area contributed by atoms with E-state index in [0.717, 1.165) is 19.3 Å². The number of rotatable bonds is 3. The summed E-state index contributed by atoms with van der Waals surface area (Å²) >= 11 is 0. The van der Waals surface area contributed by atoms with Crippen LogP contribution in [0.15, 0.2) is 12.7 Å². The lowest BCUT2D eigenvalue weighted by molar-refractivity contribution is -0.139. The largest absolute Gasteiger partial charge is 0.396 e. The number of hydrogen-bond donors (Lipinski definition) is 2. The van der Waals surface area contributed by atoms with Gasteiger partial charge in [0.25, 0.3) is 0 Å². The van der Waals surface area contributed by atoms with E-state index in [2.05, 4.69) is 11.9 Å². The Morgan fingerprint density at radius 1 is 1.50 bits per heavy atom. The average Bonchev–Trinajstić information content (AvgIpc) is 2.26. The van der Waals surface area contributed by atoms with Gasteiger partial charge in [0.2, 0.25) is 5.91 Å². The van der Waals surface area contributed by atoms with E-state index in [9.17, 15) is 9.90 Å². The molecule has 1 aliphatic carbocycles. The molecule has 1 amide bonds. The summed E-state index contributed by atoms with van der Waals surface area (Å²) in [7, 11) is 0. The lowest BCUT2D eigenvalue weighted by atomic mass is 9.63. The molecule has 0 saturated heterocycles. The number of nitrogens with one attached hydrogen (secondary N) is 1. The number of aliphatic hydroxyl groups excluding tert-OH is 1. The molecule has 1 rings (SSSR count). The molecule has 1 aliphatic rings. The molecule has 2 N–H and O–H groups in total. The Bertz CT molecular complexity index is 319. The van der Waals surface area contributed by atoms with Crippen molar-refractivity contribution in [3.8, 4) is 0 Å². The van der Waals surface area contributed by atoms with E-state index in [1.807, 2.05) is 33.8 Å². The Hall–Kier alpha value is -0.830. The first-order valence-electron chi connectivity index (χ1n) is 6.79. The van der Waals surface area contributed by atoms with Crippen molar-refractivity contribution in [2.45, 2.75) is 52.5 Å². The number of carbonyl (C=O) groups excluding carboxylic acids is 1. The second-order valence-corrected chi connectivity index (χ2v) is 6.78. The molecule has 2 unspecified atom stereocenters. The molecule has 0 radical (unpaired) electrons. The number of allylic oxidation sites excluding steroid dienone is 1. The fourth-order valence-electron chi connectivity index (χ4n) is 2.80. The van der Waals surface area contributed by atoms with Crippen molar-refractivity contribution < 1.29 is 9.90 Å². The van der Waals surface area contributed by atoms with Crippen molar-refractivity contribution in [2.24, 2.45) is 17.3 Å². The molecule has 0 heterocycles. The summed E-state index contributed by atoms with van der Waals surface area (Å²) in [5.74, 6) is 0.486. The minimum absolute atomic E-state index is 0.0519. The summed E-state index contributed by atoms with van der Waals surface area (Å²) in [6.45, 7) is 11.8. The molecule has 104 valence electrons. The molecular weight excluding hydrogens is 226 g/mol. The molecule has 1 saturated carbocycles. The quantitative estimate of drug-likeness (QED) is 0.759. The van der Waals surface area contributed by atoms with E-state index in [-0.39, 0.29) is 24.0 Å². The second-order valence-electron chi connectivity index (χ2n) is 6.78. The number of carbonyl (C=O) groups is 1. The van der Waals surface area contributed by atoms with Gasteiger partial charge < -0.3 is 10.4 Å². The van der Waals surface area contributed by atoms with Gasteiger partial charge in [-0.1, -0.05) is 13.0 Å². The van der Waals surface area contributed by atoms with Gasteiger partial charge in [-0.25, -0.2) is 0 Å². The zero-order valence-electron chi connectivity index (χ0n) is 12.1. The smallest absolute Gasteiger partial charge is 0.226 e. The molecule has 0 aromatic carbocycles. The van der Waals surface area contributed by atoms with Crippen LogP contribution in [0.5, 0.6) is 0 Å². The Labute approximate surface area is 111 Å². The zero-order chi connectivity index (χ0) is 14.0. The standard InChI is InChI=1S/C15H27NO2/c1-6-11-7-8-12(10-17)15(5,9-11)13(18)16-14(2,3)4/h6,11-12,17H,1,7-10H2,2-5H3,(H,16,18)/t11-,12?,15?/m1/s1. The SMILES string of the molecule is C=C[C@@H]1CCC(CO)C(C)(C(=O)NC(C)(C)C)C1. The van der Waals surface area contributed by atoms with Crippen LogP contribution in [0.2, 0.25) is 0 Å². The van der Waals surface area contributed by atoms with Crippen molar-refractivity contribution in [2.75, 3.05) is 6.61 Å². The Morgan fingerprint density at radius 3 is 2.56 bits per heavy atom. The average molecular weight is 253 g/mol. The Morgan fingerprint density at radius 2 is 2.11 bits per heavy atom. The maximum atomic E-state index is 12.5. The van der Waals surface area contributed by atoms with Gasteiger partial charge in [0.1, 0.15) is 0 Å². The van der Waals surface area contributed by atoms with Crippen LogP contribution in [0.25, 0.3) is 0 Å². The normalized spacial score (nSPS) is 32.9. The molecule has 3 nitrogen and oxygen atoms in total. The molecular formula is C15H27NO2. The zero-order valence-corrected chi connectivity index (χ0v) is 12.1. The summed E-state index contributed by atoms with van der Waals surface area (Å²) in [6, 6.07) is 0. The molecule has 18 heavy (non-hydrogen) atoms. The lowest BCUT2D eigenvalue weighted by Gasteiger charge is -2.43. The van der Waals surface area contributed by atoms with Gasteiger partial charge in [0.15, 0.2) is 0 Å². The fraction of sp³-hybridized carbons (Fsp3) is 0.800. The fourth-order valence-corrected chi connectivity index (χ4v) is 2.80. The van der Waals surface area contributed by atoms with Gasteiger partial charge in [-0.05, 0) is 51.9 Å². The van der Waals surface area contributed by atoms with Gasteiger partial charge >= 0.3 is 0 Å². The van der Waals surface area contributed by atoms with Crippen molar-refractivity contribution in [3.05, 3.63) is 12.7 Å². The van der Waals surface area contributed by atoms with Crippen LogP contribution in [0.4, 0.5) is 0 Å². The first-order valence-corrected chi connectivity index (χ1v) is 6.79. The first-order chi connectivity index (χ1) is 8.23. The van der Waals surface area contributed by atoms with Crippen LogP contribution in [-0.4, -0.2) is 23.2 Å². The van der Waals surface area contributed by atoms with Crippen molar-refractivity contribution in [1.82, 2.24) is 5.32 Å². The summed E-state index contributed by atoms with van der Waals surface area (Å²) < 4.78 is 0. The number of aliphatic hydroxyl groups is 1. The van der Waals surface area contributed by atoms with Gasteiger partial charge in [0.05, 0.1) is 5.41 Å². The predicted molar refractivity (Wildman–Crippen MR) is 74.1 cm³/mol. The van der Waals surface area contributed by atoms with Gasteiger partial charge in [0, 0.05) is 12.1 Å². The summed E-state index contributed by atoms with van der Waals surface area (Å²) in [4.78, 5) is 12.5. The van der Waals surface area contributed by atoms with E-state index in [4.69, 9.17) is 0 Å². The number of amides is 1. The van der Waals surface area contributed by atoms with E-state index in [1.54, 1.807) is 0 Å². The van der Waals surface area contributed by atoms with Crippen LogP contribution >= 0.6 is 0 Å². The highest BCUT2D eigenvalue weighted by Gasteiger charge is 2.45. The van der Waals surface area contributed by atoms with Crippen molar-refractivity contribution in [1.29, 1.82) is 0 Å². The highest BCUT2D eigenvalue weighted by atomic mass is 16.3. The van der Waals surface area contributed by atoms with E-state index < -0.39 is 5.41 Å². The highest BCUT2D eigenvalue weighted by Crippen LogP contribution is 2.44. The predicted octanol–water partition coefficient (Wildman–Crippen LogP) is 2.50. The third kappa shape index (κ3) is 3.35. The topological polar surface area (TPSA) is 49.3 Å². The second kappa shape index (κ2) is 5.43. The van der Waals surface area contributed by atoms with Gasteiger partial charge in [-0.2, -0.15) is 0 Å². The molecule has 0 aliphatic heterocycles. The third-order valence-corrected chi connectivity index (χ3v) is 4.03. The van der Waals surface area contributed by atoms with E-state index in [0.29, 0.717) is 5.92 Å². The van der Waals surface area contributed by atoms with Crippen molar-refractivity contribution in [3.63, 3.8) is 0 Å². The monoisotopic (exact) mass is 253 g/mol. The van der Waals surface area contributed by atoms with Crippen LogP contribution in [0.1, 0.15) is 47.0 Å². The molecule has 0 spiro atoms. The molecule has 0 aromatic heterocycles. The lowest BCUT2D eigenvalue weighted by Crippen LogP contribution is -2.53. The molecule has 0 bridgehead atoms. The summed E-state index contributed by atoms with van der Waals surface area (Å²) in [6.07, 6.45) is 4.63. The van der Waals surface area contributed by atoms with Crippen molar-refractivity contribution >= 4 is 5.91 Å². The molecule has 1 fully saturated rings. The maximum absolute atomic E-state index is 12.5. The minimum atomic E-state index is -0.487. The van der Waals surface area contributed by atoms with Crippen LogP contribution in [0, 0.1) is 17.3 Å². The van der Waals surface area contributed by atoms with Crippen LogP contribution < -0.4 is 5.32 Å². The van der Waals surface area contributed by atoms with Crippen LogP contribution in [-0.2, 0) is 4.79 Å². The maximum Gasteiger partial charge on any atom is 0.226 e. The van der Waals surface area contributed by atoms with Crippen LogP contribution in [0.3, 0.4) is 0 Å². The molecule has 3 heteroatoms. The summed E-state index contributed by atoms with van der Waals surface area (Å²) in [5, 5.41) is 12.6. The van der Waals surface area contributed by atoms with E-state index >= 15 is 0 Å². The van der Waals surface area contributed by atoms with E-state index in [1.165, 1.54) is 0 Å². The highest BCUT2D eigenvalue weighted by molar-refractivity contribution is 5.83. The third-order valence-electron chi connectivity index (χ3n) is 4.03. The van der Waals surface area contributed by atoms with Gasteiger partial charge in [-0.3, -0.25) is 4.79 Å². The Kier molecular flexibility index (Phi) is 4.60. The Balaban J connectivity index is 2.89. The molecule has 0 aromatic rings. The number of hydrogen-bond acceptors (Lipinski definition) is 2. The molecule has 3 atom stereocenters. The van der Waals surface area contributed by atoms with Gasteiger partial charge in [-0.15, -0.1) is 6.58 Å². The summed E-state index contributed by atoms with van der Waals surface area (Å²) in [5.41, 5.74) is -0.722.